The number of benzene rings is 2. The molecule has 3 aromatic rings. The van der Waals surface area contributed by atoms with Gasteiger partial charge < -0.3 is 4.74 Å². The summed E-state index contributed by atoms with van der Waals surface area (Å²) in [6, 6.07) is 15.8. The zero-order valence-corrected chi connectivity index (χ0v) is 18.2. The molecule has 1 heterocycles. The molecule has 0 aliphatic heterocycles. The molecular formula is C23H25N3O4S. The number of hydrogen-bond acceptors (Lipinski definition) is 5. The van der Waals surface area contributed by atoms with Gasteiger partial charge in [-0.05, 0) is 79.3 Å². The van der Waals surface area contributed by atoms with Crippen molar-refractivity contribution in [2.75, 3.05) is 13.7 Å². The molecule has 2 aromatic carbocycles. The Morgan fingerprint density at radius 3 is 2.48 bits per heavy atom. The lowest BCUT2D eigenvalue weighted by molar-refractivity contribution is 0.415. The van der Waals surface area contributed by atoms with Gasteiger partial charge in [0.1, 0.15) is 5.75 Å². The lowest BCUT2D eigenvalue weighted by atomic mass is 9.92. The maximum Gasteiger partial charge on any atom is 0.266 e. The van der Waals surface area contributed by atoms with Crippen molar-refractivity contribution in [3.05, 3.63) is 76.1 Å². The van der Waals surface area contributed by atoms with Crippen LogP contribution in [0.5, 0.6) is 5.75 Å². The third kappa shape index (κ3) is 4.86. The fraction of sp³-hybridized carbons (Fsp3) is 0.304. The number of aryl methyl sites for hydroxylation is 2. The van der Waals surface area contributed by atoms with Crippen LogP contribution in [0.3, 0.4) is 0 Å². The molecule has 0 atom stereocenters. The molecule has 0 amide bonds. The van der Waals surface area contributed by atoms with E-state index < -0.39 is 10.0 Å². The zero-order chi connectivity index (χ0) is 21.8. The first-order valence-electron chi connectivity index (χ1n) is 10.3. The average Bonchev–Trinajstić information content (AvgIpc) is 2.80. The van der Waals surface area contributed by atoms with Crippen LogP contribution in [0.1, 0.15) is 24.0 Å². The van der Waals surface area contributed by atoms with Crippen LogP contribution in [0, 0.1) is 0 Å². The molecule has 1 aromatic heterocycles. The number of nitrogens with one attached hydrogen (secondary N) is 1. The van der Waals surface area contributed by atoms with Crippen LogP contribution < -0.4 is 15.0 Å². The van der Waals surface area contributed by atoms with Gasteiger partial charge in [-0.1, -0.05) is 6.07 Å². The molecule has 31 heavy (non-hydrogen) atoms. The monoisotopic (exact) mass is 439 g/mol. The summed E-state index contributed by atoms with van der Waals surface area (Å²) < 4.78 is 34.4. The summed E-state index contributed by atoms with van der Waals surface area (Å²) in [4.78, 5) is 12.5. The van der Waals surface area contributed by atoms with Crippen molar-refractivity contribution < 1.29 is 13.2 Å². The Morgan fingerprint density at radius 2 is 1.74 bits per heavy atom. The lowest BCUT2D eigenvalue weighted by Gasteiger charge is -2.17. The molecule has 4 rings (SSSR count). The summed E-state index contributed by atoms with van der Waals surface area (Å²) >= 11 is 0. The molecule has 7 nitrogen and oxygen atoms in total. The number of rotatable bonds is 7. The van der Waals surface area contributed by atoms with Crippen LogP contribution >= 0.6 is 0 Å². The second kappa shape index (κ2) is 9.03. The van der Waals surface area contributed by atoms with E-state index >= 15 is 0 Å². The van der Waals surface area contributed by atoms with Gasteiger partial charge in [-0.3, -0.25) is 4.79 Å². The molecular weight excluding hydrogens is 414 g/mol. The van der Waals surface area contributed by atoms with Gasteiger partial charge in [0.15, 0.2) is 0 Å². The first kappa shape index (κ1) is 21.3. The van der Waals surface area contributed by atoms with E-state index in [1.807, 2.05) is 30.3 Å². The standard InChI is InChI=1S/C23H25N3O4S/c1-30-20-9-6-18(7-10-20)22-12-13-23(27)26(25-22)15-14-24-31(28,29)21-11-8-17-4-2-3-5-19(17)16-21/h6-13,16,24H,2-5,14-15H2,1H3. The molecule has 0 fully saturated rings. The molecule has 0 saturated heterocycles. The van der Waals surface area contributed by atoms with E-state index in [-0.39, 0.29) is 23.5 Å². The Kier molecular flexibility index (Phi) is 6.20. The summed E-state index contributed by atoms with van der Waals surface area (Å²) in [5.41, 5.74) is 3.52. The maximum absolute atomic E-state index is 12.7. The second-order valence-corrected chi connectivity index (χ2v) is 9.31. The van der Waals surface area contributed by atoms with Gasteiger partial charge in [-0.15, -0.1) is 0 Å². The summed E-state index contributed by atoms with van der Waals surface area (Å²) in [6.07, 6.45) is 4.15. The highest BCUT2D eigenvalue weighted by Gasteiger charge is 2.17. The van der Waals surface area contributed by atoms with Gasteiger partial charge in [0.25, 0.3) is 5.56 Å². The highest BCUT2D eigenvalue weighted by molar-refractivity contribution is 7.89. The number of methoxy groups -OCH3 is 1. The normalized spacial score (nSPS) is 13.6. The van der Waals surface area contributed by atoms with Crippen LogP contribution in [-0.4, -0.2) is 31.9 Å². The average molecular weight is 440 g/mol. The van der Waals surface area contributed by atoms with E-state index in [1.165, 1.54) is 16.3 Å². The topological polar surface area (TPSA) is 90.3 Å². The minimum atomic E-state index is -3.65. The number of fused-ring (bicyclic) bond motifs is 1. The largest absolute Gasteiger partial charge is 0.497 e. The van der Waals surface area contributed by atoms with E-state index in [0.717, 1.165) is 42.6 Å². The van der Waals surface area contributed by atoms with Crippen LogP contribution in [0.4, 0.5) is 0 Å². The smallest absolute Gasteiger partial charge is 0.266 e. The van der Waals surface area contributed by atoms with Crippen molar-refractivity contribution in [1.82, 2.24) is 14.5 Å². The quantitative estimate of drug-likeness (QED) is 0.611. The highest BCUT2D eigenvalue weighted by Crippen LogP contribution is 2.24. The fourth-order valence-electron chi connectivity index (χ4n) is 3.77. The number of sulfonamides is 1. The lowest BCUT2D eigenvalue weighted by Crippen LogP contribution is -2.32. The predicted molar refractivity (Wildman–Crippen MR) is 119 cm³/mol. The molecule has 1 aliphatic carbocycles. The molecule has 0 unspecified atom stereocenters. The van der Waals surface area contributed by atoms with Gasteiger partial charge in [-0.2, -0.15) is 5.10 Å². The molecule has 0 spiro atoms. The molecule has 0 saturated carbocycles. The third-order valence-electron chi connectivity index (χ3n) is 5.50. The number of hydrogen-bond donors (Lipinski definition) is 1. The number of aromatic nitrogens is 2. The first-order chi connectivity index (χ1) is 15.0. The van der Waals surface area contributed by atoms with Crippen LogP contribution in [0.2, 0.25) is 0 Å². The minimum absolute atomic E-state index is 0.0678. The highest BCUT2D eigenvalue weighted by atomic mass is 32.2. The van der Waals surface area contributed by atoms with Gasteiger partial charge in [0.05, 0.1) is 24.2 Å². The molecule has 162 valence electrons. The van der Waals surface area contributed by atoms with Crippen molar-refractivity contribution in [3.63, 3.8) is 0 Å². The van der Waals surface area contributed by atoms with E-state index in [0.29, 0.717) is 5.69 Å². The van der Waals surface area contributed by atoms with E-state index in [4.69, 9.17) is 4.74 Å². The van der Waals surface area contributed by atoms with E-state index in [9.17, 15) is 13.2 Å². The Balaban J connectivity index is 1.45. The maximum atomic E-state index is 12.7. The van der Waals surface area contributed by atoms with Gasteiger partial charge in [0.2, 0.25) is 10.0 Å². The first-order valence-corrected chi connectivity index (χ1v) is 11.8. The molecule has 1 aliphatic rings. The van der Waals surface area contributed by atoms with Crippen LogP contribution in [-0.2, 0) is 29.4 Å². The van der Waals surface area contributed by atoms with E-state index in [2.05, 4.69) is 9.82 Å². The Labute approximate surface area is 181 Å². The van der Waals surface area contributed by atoms with Crippen LogP contribution in [0.15, 0.2) is 64.3 Å². The minimum Gasteiger partial charge on any atom is -0.497 e. The van der Waals surface area contributed by atoms with Crippen molar-refractivity contribution in [3.8, 4) is 17.0 Å². The predicted octanol–water partition coefficient (Wildman–Crippen LogP) is 2.78. The zero-order valence-electron chi connectivity index (χ0n) is 17.4. The van der Waals surface area contributed by atoms with Gasteiger partial charge in [-0.25, -0.2) is 17.8 Å². The van der Waals surface area contributed by atoms with Gasteiger partial charge >= 0.3 is 0 Å². The third-order valence-corrected chi connectivity index (χ3v) is 6.96. The molecule has 8 heteroatoms. The van der Waals surface area contributed by atoms with Crippen molar-refractivity contribution >= 4 is 10.0 Å². The Hall–Kier alpha value is -2.97. The second-order valence-electron chi connectivity index (χ2n) is 7.54. The summed E-state index contributed by atoms with van der Waals surface area (Å²) in [5, 5.41) is 4.38. The van der Waals surface area contributed by atoms with Crippen molar-refractivity contribution in [2.45, 2.75) is 37.1 Å². The molecule has 0 radical (unpaired) electrons. The van der Waals surface area contributed by atoms with Crippen molar-refractivity contribution in [1.29, 1.82) is 0 Å². The number of ether oxygens (including phenoxy) is 1. The fourth-order valence-corrected chi connectivity index (χ4v) is 4.84. The summed E-state index contributed by atoms with van der Waals surface area (Å²) in [5.74, 6) is 0.730. The van der Waals surface area contributed by atoms with E-state index in [1.54, 1.807) is 25.3 Å². The Morgan fingerprint density at radius 1 is 1.00 bits per heavy atom. The SMILES string of the molecule is COc1ccc(-c2ccc(=O)n(CCNS(=O)(=O)c3ccc4c(c3)CCCC4)n2)cc1. The van der Waals surface area contributed by atoms with Crippen molar-refractivity contribution in [2.24, 2.45) is 0 Å². The number of nitrogens with zero attached hydrogens (tertiary/aromatic N) is 2. The molecule has 0 bridgehead atoms. The summed E-state index contributed by atoms with van der Waals surface area (Å²) in [7, 11) is -2.06. The van der Waals surface area contributed by atoms with Gasteiger partial charge in [0, 0.05) is 18.2 Å². The molecule has 1 N–H and O–H groups in total. The summed E-state index contributed by atoms with van der Waals surface area (Å²) in [6.45, 7) is 0.200. The van der Waals surface area contributed by atoms with Crippen LogP contribution in [0.25, 0.3) is 11.3 Å². The Bertz CT molecular complexity index is 1230.